The number of urea groups is 1. The molecule has 0 aromatic heterocycles. The summed E-state index contributed by atoms with van der Waals surface area (Å²) in [5.74, 6) is -2.44. The van der Waals surface area contributed by atoms with Crippen molar-refractivity contribution in [3.63, 3.8) is 0 Å². The van der Waals surface area contributed by atoms with E-state index in [9.17, 15) is 14.4 Å². The molecule has 0 bridgehead atoms. The molecule has 2 heterocycles. The van der Waals surface area contributed by atoms with Gasteiger partial charge in [-0.15, -0.1) is 0 Å². The van der Waals surface area contributed by atoms with E-state index in [0.29, 0.717) is 6.42 Å². The highest BCUT2D eigenvalue weighted by atomic mass is 32.2. The number of hydrogen-bond acceptors (Lipinski definition) is 6. The van der Waals surface area contributed by atoms with Crippen LogP contribution in [-0.4, -0.2) is 57.5 Å². The average molecular weight is 357 g/mol. The van der Waals surface area contributed by atoms with E-state index in [1.807, 2.05) is 0 Å². The summed E-state index contributed by atoms with van der Waals surface area (Å²) >= 11 is 1.68. The van der Waals surface area contributed by atoms with Crippen molar-refractivity contribution in [2.75, 3.05) is 5.75 Å². The molecule has 9 heteroatoms. The first-order valence-corrected chi connectivity index (χ1v) is 8.86. The van der Waals surface area contributed by atoms with Gasteiger partial charge in [0.15, 0.2) is 0 Å². The summed E-state index contributed by atoms with van der Waals surface area (Å²) in [6, 6.07) is -0.163. The summed E-state index contributed by atoms with van der Waals surface area (Å²) in [6.07, 6.45) is 0.726. The van der Waals surface area contributed by atoms with Crippen molar-refractivity contribution < 1.29 is 24.2 Å². The zero-order chi connectivity index (χ0) is 18.1. The van der Waals surface area contributed by atoms with Crippen molar-refractivity contribution in [3.05, 3.63) is 0 Å². The summed E-state index contributed by atoms with van der Waals surface area (Å²) in [4.78, 5) is 34.8. The van der Waals surface area contributed by atoms with Crippen LogP contribution in [0.2, 0.25) is 0 Å². The molecule has 24 heavy (non-hydrogen) atoms. The third-order valence-corrected chi connectivity index (χ3v) is 5.46. The highest BCUT2D eigenvalue weighted by molar-refractivity contribution is 8.00. The van der Waals surface area contributed by atoms with Gasteiger partial charge in [0.05, 0.1) is 12.1 Å². The molecule has 134 valence electrons. The van der Waals surface area contributed by atoms with Gasteiger partial charge in [0.25, 0.3) is 0 Å². The fourth-order valence-corrected chi connectivity index (χ4v) is 4.39. The minimum atomic E-state index is -1.42. The number of amides is 2. The monoisotopic (exact) mass is 357 g/mol. The molecule has 2 rings (SSSR count). The second-order valence-electron chi connectivity index (χ2n) is 7.00. The van der Waals surface area contributed by atoms with Crippen LogP contribution in [0, 0.1) is 11.3 Å². The molecule has 2 aliphatic heterocycles. The van der Waals surface area contributed by atoms with Crippen LogP contribution >= 0.6 is 11.8 Å². The van der Waals surface area contributed by atoms with Gasteiger partial charge in [-0.05, 0) is 33.6 Å². The number of aliphatic carboxylic acids is 1. The third-order valence-electron chi connectivity index (χ3n) is 3.95. The van der Waals surface area contributed by atoms with E-state index >= 15 is 0 Å². The molecule has 0 radical (unpaired) electrons. The summed E-state index contributed by atoms with van der Waals surface area (Å²) in [5, 5.41) is 22.5. The molecule has 0 spiro atoms. The highest BCUT2D eigenvalue weighted by Gasteiger charge is 2.43. The minimum Gasteiger partial charge on any atom is -0.477 e. The fourth-order valence-electron chi connectivity index (χ4n) is 2.88. The first-order chi connectivity index (χ1) is 11.1. The van der Waals surface area contributed by atoms with Crippen molar-refractivity contribution in [3.8, 4) is 0 Å². The quantitative estimate of drug-likeness (QED) is 0.319. The Bertz CT molecular complexity index is 560. The normalized spacial score (nSPS) is 27.0. The zero-order valence-electron chi connectivity index (χ0n) is 13.9. The molecular formula is C15H23N3O5S. The maximum atomic E-state index is 12.3. The number of carbonyl (C=O) groups excluding carboxylic acids is 2. The average Bonchev–Trinajstić information content (AvgIpc) is 2.96. The number of thioether (sulfide) groups is 1. The van der Waals surface area contributed by atoms with Crippen LogP contribution in [0.4, 0.5) is 4.79 Å². The van der Waals surface area contributed by atoms with Crippen LogP contribution in [0.25, 0.3) is 0 Å². The lowest BCUT2D eigenvalue weighted by atomic mass is 9.93. The lowest BCUT2D eigenvalue weighted by Gasteiger charge is -2.24. The van der Waals surface area contributed by atoms with E-state index in [1.165, 1.54) is 0 Å². The zero-order valence-corrected chi connectivity index (χ0v) is 14.7. The van der Waals surface area contributed by atoms with Crippen molar-refractivity contribution in [2.45, 2.75) is 56.5 Å². The summed E-state index contributed by atoms with van der Waals surface area (Å²) < 4.78 is 5.26. The van der Waals surface area contributed by atoms with Gasteiger partial charge in [-0.3, -0.25) is 10.2 Å². The van der Waals surface area contributed by atoms with Crippen molar-refractivity contribution in [2.24, 2.45) is 5.92 Å². The van der Waals surface area contributed by atoms with Gasteiger partial charge in [-0.2, -0.15) is 11.8 Å². The molecule has 2 amide bonds. The number of rotatable bonds is 6. The summed E-state index contributed by atoms with van der Waals surface area (Å²) in [6.45, 7) is 5.09. The van der Waals surface area contributed by atoms with Crippen LogP contribution in [0.15, 0.2) is 0 Å². The molecule has 2 fully saturated rings. The summed E-state index contributed by atoms with van der Waals surface area (Å²) in [7, 11) is 0. The van der Waals surface area contributed by atoms with Gasteiger partial charge in [-0.1, -0.05) is 0 Å². The standard InChI is InChI=1S/C15H23N3O5S/c1-15(2,3)23-13(21)7(10(16)12(19)20)4-5-9-11-8(6-24-9)17-14(22)18-11/h7-9,11,16H,4-6H2,1-3H3,(H,19,20)(H2,17,18,22)/t7?,8-,9-,11-/m0/s1. The Morgan fingerprint density at radius 2 is 2.08 bits per heavy atom. The number of carbonyl (C=O) groups is 3. The number of fused-ring (bicyclic) bond motifs is 1. The summed E-state index contributed by atoms with van der Waals surface area (Å²) in [5.41, 5.74) is -1.40. The smallest absolute Gasteiger partial charge is 0.350 e. The van der Waals surface area contributed by atoms with Crippen LogP contribution in [0.3, 0.4) is 0 Å². The molecule has 0 aromatic carbocycles. The van der Waals surface area contributed by atoms with Crippen LogP contribution in [0.5, 0.6) is 0 Å². The van der Waals surface area contributed by atoms with Crippen LogP contribution in [-0.2, 0) is 14.3 Å². The van der Waals surface area contributed by atoms with Gasteiger partial charge in [-0.25, -0.2) is 9.59 Å². The second kappa shape index (κ2) is 7.00. The number of carboxylic acids is 1. The van der Waals surface area contributed by atoms with E-state index in [0.717, 1.165) is 5.75 Å². The first kappa shape index (κ1) is 18.6. The largest absolute Gasteiger partial charge is 0.477 e. The Morgan fingerprint density at radius 3 is 2.67 bits per heavy atom. The molecule has 4 N–H and O–H groups in total. The molecular weight excluding hydrogens is 334 g/mol. The van der Waals surface area contributed by atoms with E-state index in [2.05, 4.69) is 10.6 Å². The highest BCUT2D eigenvalue weighted by Crippen LogP contribution is 2.34. The Kier molecular flexibility index (Phi) is 5.42. The van der Waals surface area contributed by atoms with E-state index in [-0.39, 0.29) is 29.8 Å². The molecule has 0 aliphatic carbocycles. The molecule has 8 nitrogen and oxygen atoms in total. The second-order valence-corrected chi connectivity index (χ2v) is 8.28. The van der Waals surface area contributed by atoms with Gasteiger partial charge in [0.2, 0.25) is 0 Å². The Hall–Kier alpha value is -1.77. The number of nitrogens with one attached hydrogen (secondary N) is 3. The SMILES string of the molecule is CC(C)(C)OC(=O)C(CC[C@@H]1SC[C@@H]2NC(=O)N[C@@H]21)C(=N)C(=O)O. The number of esters is 1. The Labute approximate surface area is 144 Å². The fraction of sp³-hybridized carbons (Fsp3) is 0.733. The van der Waals surface area contributed by atoms with Gasteiger partial charge in [0.1, 0.15) is 17.2 Å². The number of ether oxygens (including phenoxy) is 1. The molecule has 1 unspecified atom stereocenters. The van der Waals surface area contributed by atoms with Crippen molar-refractivity contribution >= 4 is 35.4 Å². The number of carboxylic acid groups (broad SMARTS) is 1. The Morgan fingerprint density at radius 1 is 1.42 bits per heavy atom. The molecule has 4 atom stereocenters. The molecule has 2 aliphatic rings. The predicted molar refractivity (Wildman–Crippen MR) is 89.4 cm³/mol. The lowest BCUT2D eigenvalue weighted by Crippen LogP contribution is -2.39. The van der Waals surface area contributed by atoms with Crippen molar-refractivity contribution in [1.29, 1.82) is 5.41 Å². The van der Waals surface area contributed by atoms with E-state index < -0.39 is 29.2 Å². The third kappa shape index (κ3) is 4.40. The maximum absolute atomic E-state index is 12.3. The minimum absolute atomic E-state index is 0.0270. The first-order valence-electron chi connectivity index (χ1n) is 7.81. The van der Waals surface area contributed by atoms with Crippen molar-refractivity contribution in [1.82, 2.24) is 10.6 Å². The lowest BCUT2D eigenvalue weighted by molar-refractivity contribution is -0.158. The van der Waals surface area contributed by atoms with E-state index in [4.69, 9.17) is 15.3 Å². The number of hydrogen-bond donors (Lipinski definition) is 4. The maximum Gasteiger partial charge on any atom is 0.350 e. The predicted octanol–water partition coefficient (Wildman–Crippen LogP) is 0.994. The van der Waals surface area contributed by atoms with Crippen LogP contribution < -0.4 is 10.6 Å². The van der Waals surface area contributed by atoms with Gasteiger partial charge < -0.3 is 20.5 Å². The molecule has 2 saturated heterocycles. The molecule has 0 saturated carbocycles. The van der Waals surface area contributed by atoms with Crippen LogP contribution in [0.1, 0.15) is 33.6 Å². The van der Waals surface area contributed by atoms with Gasteiger partial charge in [0, 0.05) is 11.0 Å². The van der Waals surface area contributed by atoms with E-state index in [1.54, 1.807) is 32.5 Å². The van der Waals surface area contributed by atoms with Gasteiger partial charge >= 0.3 is 18.0 Å². The topological polar surface area (TPSA) is 129 Å². The molecule has 0 aromatic rings. The Balaban J connectivity index is 2.00.